The molecular weight excluding hydrogens is 260 g/mol. The van der Waals surface area contributed by atoms with E-state index in [9.17, 15) is 5.11 Å². The molecule has 1 N–H and O–H groups in total. The number of fused-ring (bicyclic) bond motifs is 1. The fraction of sp³-hybridized carbons (Fsp3) is 0.625. The van der Waals surface area contributed by atoms with E-state index in [2.05, 4.69) is 20.8 Å². The third-order valence-corrected chi connectivity index (χ3v) is 4.52. The van der Waals surface area contributed by atoms with Crippen LogP contribution in [0.5, 0.6) is 5.75 Å². The molecule has 3 heteroatoms. The number of aliphatic hydroxyl groups is 1. The first-order chi connectivity index (χ1) is 8.99. The molecule has 1 heterocycles. The van der Waals surface area contributed by atoms with E-state index in [0.29, 0.717) is 17.4 Å². The number of hydrogen-bond acceptors (Lipinski definition) is 2. The molecule has 0 bridgehead atoms. The largest absolute Gasteiger partial charge is 0.487 e. The first kappa shape index (κ1) is 14.7. The molecule has 0 aromatic heterocycles. The van der Waals surface area contributed by atoms with Gasteiger partial charge in [-0.2, -0.15) is 0 Å². The maximum Gasteiger partial charge on any atom is 0.126 e. The Morgan fingerprint density at radius 1 is 1.47 bits per heavy atom. The second kappa shape index (κ2) is 5.72. The van der Waals surface area contributed by atoms with Crippen molar-refractivity contribution in [3.63, 3.8) is 0 Å². The molecule has 0 radical (unpaired) electrons. The molecule has 1 aromatic rings. The molecule has 0 amide bonds. The summed E-state index contributed by atoms with van der Waals surface area (Å²) in [6, 6.07) is 5.51. The highest BCUT2D eigenvalue weighted by atomic mass is 35.5. The number of ether oxygens (including phenoxy) is 1. The van der Waals surface area contributed by atoms with Gasteiger partial charge in [-0.15, -0.1) is 0 Å². The lowest BCUT2D eigenvalue weighted by atomic mass is 9.80. The van der Waals surface area contributed by atoms with Gasteiger partial charge in [0.1, 0.15) is 11.4 Å². The number of aliphatic hydroxyl groups excluding tert-OH is 1. The lowest BCUT2D eigenvalue weighted by Crippen LogP contribution is -2.42. The Labute approximate surface area is 120 Å². The Bertz CT molecular complexity index is 446. The fourth-order valence-electron chi connectivity index (χ4n) is 2.88. The second-order valence-corrected chi connectivity index (χ2v) is 6.19. The summed E-state index contributed by atoms with van der Waals surface area (Å²) < 4.78 is 6.25. The van der Waals surface area contributed by atoms with Crippen molar-refractivity contribution in [1.29, 1.82) is 0 Å². The Hall–Kier alpha value is -0.730. The average molecular weight is 283 g/mol. The summed E-state index contributed by atoms with van der Waals surface area (Å²) in [4.78, 5) is 0. The molecule has 106 valence electrons. The van der Waals surface area contributed by atoms with Crippen LogP contribution >= 0.6 is 11.6 Å². The van der Waals surface area contributed by atoms with Crippen LogP contribution in [0.3, 0.4) is 0 Å². The Balaban J connectivity index is 2.29. The van der Waals surface area contributed by atoms with Gasteiger partial charge in [0.15, 0.2) is 0 Å². The van der Waals surface area contributed by atoms with Crippen molar-refractivity contribution in [3.05, 3.63) is 28.8 Å². The van der Waals surface area contributed by atoms with Gasteiger partial charge in [0.2, 0.25) is 0 Å². The van der Waals surface area contributed by atoms with Crippen molar-refractivity contribution in [2.24, 2.45) is 5.92 Å². The first-order valence-corrected chi connectivity index (χ1v) is 7.54. The quantitative estimate of drug-likeness (QED) is 0.864. The fourth-order valence-corrected chi connectivity index (χ4v) is 3.06. The number of benzene rings is 1. The monoisotopic (exact) mass is 282 g/mol. The van der Waals surface area contributed by atoms with E-state index < -0.39 is 6.10 Å². The van der Waals surface area contributed by atoms with Gasteiger partial charge in [-0.3, -0.25) is 0 Å². The number of hydrogen-bond donors (Lipinski definition) is 1. The highest BCUT2D eigenvalue weighted by Gasteiger charge is 2.39. The van der Waals surface area contributed by atoms with Gasteiger partial charge >= 0.3 is 0 Å². The van der Waals surface area contributed by atoms with Gasteiger partial charge in [-0.05, 0) is 37.0 Å². The van der Waals surface area contributed by atoms with E-state index in [1.165, 1.54) is 0 Å². The van der Waals surface area contributed by atoms with Crippen LogP contribution in [0.25, 0.3) is 0 Å². The molecule has 0 fully saturated rings. The lowest BCUT2D eigenvalue weighted by Gasteiger charge is -2.42. The molecule has 2 nitrogen and oxygen atoms in total. The minimum absolute atomic E-state index is 0.240. The van der Waals surface area contributed by atoms with E-state index in [1.54, 1.807) is 0 Å². The minimum atomic E-state index is -0.480. The van der Waals surface area contributed by atoms with Crippen molar-refractivity contribution < 1.29 is 9.84 Å². The Morgan fingerprint density at radius 3 is 2.84 bits per heavy atom. The topological polar surface area (TPSA) is 29.5 Å². The predicted octanol–water partition coefficient (Wildman–Crippen LogP) is 4.74. The molecule has 2 unspecified atom stereocenters. The van der Waals surface area contributed by atoms with Gasteiger partial charge < -0.3 is 9.84 Å². The summed E-state index contributed by atoms with van der Waals surface area (Å²) >= 11 is 5.99. The molecule has 1 aromatic carbocycles. The number of rotatable bonds is 4. The molecule has 0 saturated heterocycles. The summed E-state index contributed by atoms with van der Waals surface area (Å²) in [5, 5.41) is 11.0. The third-order valence-electron chi connectivity index (χ3n) is 4.28. The molecule has 0 aliphatic carbocycles. The van der Waals surface area contributed by atoms with Crippen molar-refractivity contribution in [1.82, 2.24) is 0 Å². The maximum absolute atomic E-state index is 10.4. The van der Waals surface area contributed by atoms with Gasteiger partial charge in [0.25, 0.3) is 0 Å². The zero-order valence-corrected chi connectivity index (χ0v) is 12.7. The highest BCUT2D eigenvalue weighted by Crippen LogP contribution is 2.44. The van der Waals surface area contributed by atoms with Crippen LogP contribution in [-0.2, 0) is 0 Å². The van der Waals surface area contributed by atoms with Crippen LogP contribution in [0.2, 0.25) is 5.02 Å². The molecule has 0 saturated carbocycles. The first-order valence-electron chi connectivity index (χ1n) is 7.16. The van der Waals surface area contributed by atoms with Crippen LogP contribution in [0, 0.1) is 5.92 Å². The average Bonchev–Trinajstić information content (AvgIpc) is 2.39. The molecule has 2 rings (SSSR count). The normalized spacial score (nSPS) is 27.5. The molecule has 0 spiro atoms. The van der Waals surface area contributed by atoms with Crippen molar-refractivity contribution in [2.75, 3.05) is 0 Å². The summed E-state index contributed by atoms with van der Waals surface area (Å²) in [5.41, 5.74) is 0.580. The van der Waals surface area contributed by atoms with Gasteiger partial charge in [0, 0.05) is 17.0 Å². The van der Waals surface area contributed by atoms with Crippen molar-refractivity contribution >= 4 is 11.6 Å². The Morgan fingerprint density at radius 2 is 2.21 bits per heavy atom. The van der Waals surface area contributed by atoms with Gasteiger partial charge in [-0.25, -0.2) is 0 Å². The van der Waals surface area contributed by atoms with Gasteiger partial charge in [-0.1, -0.05) is 38.8 Å². The standard InChI is InChI=1S/C16H23ClO2/c1-4-11(3)9-16(5-2)10-14(18)13-8-12(17)6-7-15(13)19-16/h6-8,11,14,18H,4-5,9-10H2,1-3H3/t11?,14-,16?/m1/s1. The smallest absolute Gasteiger partial charge is 0.126 e. The van der Waals surface area contributed by atoms with E-state index >= 15 is 0 Å². The van der Waals surface area contributed by atoms with Crippen LogP contribution < -0.4 is 4.74 Å². The Kier molecular flexibility index (Phi) is 4.42. The predicted molar refractivity (Wildman–Crippen MR) is 78.8 cm³/mol. The molecule has 19 heavy (non-hydrogen) atoms. The van der Waals surface area contributed by atoms with E-state index in [4.69, 9.17) is 16.3 Å². The van der Waals surface area contributed by atoms with Crippen molar-refractivity contribution in [2.45, 2.75) is 58.2 Å². The second-order valence-electron chi connectivity index (χ2n) is 5.76. The summed E-state index contributed by atoms with van der Waals surface area (Å²) in [7, 11) is 0. The van der Waals surface area contributed by atoms with E-state index in [0.717, 1.165) is 30.6 Å². The molecule has 3 atom stereocenters. The van der Waals surface area contributed by atoms with Crippen molar-refractivity contribution in [3.8, 4) is 5.75 Å². The zero-order valence-electron chi connectivity index (χ0n) is 11.9. The molecular formula is C16H23ClO2. The van der Waals surface area contributed by atoms with Gasteiger partial charge in [0.05, 0.1) is 6.10 Å². The molecule has 1 aliphatic rings. The highest BCUT2D eigenvalue weighted by molar-refractivity contribution is 6.30. The maximum atomic E-state index is 10.4. The number of halogens is 1. The summed E-state index contributed by atoms with van der Waals surface area (Å²) in [5.74, 6) is 1.38. The van der Waals surface area contributed by atoms with E-state index in [1.807, 2.05) is 18.2 Å². The van der Waals surface area contributed by atoms with Crippen LogP contribution in [-0.4, -0.2) is 10.7 Å². The zero-order chi connectivity index (χ0) is 14.0. The molecule has 1 aliphatic heterocycles. The van der Waals surface area contributed by atoms with E-state index in [-0.39, 0.29) is 5.60 Å². The van der Waals surface area contributed by atoms with Crippen LogP contribution in [0.1, 0.15) is 58.1 Å². The SMILES string of the molecule is CCC(C)CC1(CC)C[C@@H](O)c2cc(Cl)ccc2O1. The van der Waals surface area contributed by atoms with Crippen LogP contribution in [0.15, 0.2) is 18.2 Å². The lowest BCUT2D eigenvalue weighted by molar-refractivity contribution is -0.0318. The summed E-state index contributed by atoms with van der Waals surface area (Å²) in [6.45, 7) is 6.57. The van der Waals surface area contributed by atoms with Crippen LogP contribution in [0.4, 0.5) is 0 Å². The third kappa shape index (κ3) is 3.06. The minimum Gasteiger partial charge on any atom is -0.487 e. The summed E-state index contributed by atoms with van der Waals surface area (Å²) in [6.07, 6.45) is 3.21.